The van der Waals surface area contributed by atoms with Gasteiger partial charge in [-0.25, -0.2) is 0 Å². The summed E-state index contributed by atoms with van der Waals surface area (Å²) >= 11 is 0. The third-order valence-corrected chi connectivity index (χ3v) is 3.29. The Balaban J connectivity index is 1.91. The van der Waals surface area contributed by atoms with Crippen molar-refractivity contribution < 1.29 is 4.74 Å². The van der Waals surface area contributed by atoms with E-state index in [2.05, 4.69) is 6.92 Å². The summed E-state index contributed by atoms with van der Waals surface area (Å²) in [5, 5.41) is 0. The quantitative estimate of drug-likeness (QED) is 0.569. The van der Waals surface area contributed by atoms with Gasteiger partial charge in [0.2, 0.25) is 0 Å². The van der Waals surface area contributed by atoms with Gasteiger partial charge in [-0.05, 0) is 25.2 Å². The Bertz CT molecular complexity index is 132. The van der Waals surface area contributed by atoms with Crippen LogP contribution >= 0.6 is 0 Å². The second-order valence-electron chi connectivity index (χ2n) is 4.08. The second-order valence-corrected chi connectivity index (χ2v) is 4.08. The largest absolute Gasteiger partial charge is 0.369 e. The van der Waals surface area contributed by atoms with Crippen LogP contribution in [-0.2, 0) is 4.74 Å². The first-order valence-electron chi connectivity index (χ1n) is 5.01. The average Bonchev–Trinajstić information content (AvgIpc) is 2.63. The van der Waals surface area contributed by atoms with Crippen LogP contribution in [0.2, 0.25) is 0 Å². The van der Waals surface area contributed by atoms with Crippen LogP contribution in [0.1, 0.15) is 45.4 Å². The van der Waals surface area contributed by atoms with Crippen molar-refractivity contribution in [2.75, 3.05) is 6.61 Å². The number of hydrogen-bond donors (Lipinski definition) is 0. The zero-order chi connectivity index (χ0) is 7.73. The lowest BCUT2D eigenvalue weighted by Gasteiger charge is -2.17. The molecule has 64 valence electrons. The van der Waals surface area contributed by atoms with Crippen molar-refractivity contribution in [2.45, 2.75) is 51.0 Å². The summed E-state index contributed by atoms with van der Waals surface area (Å²) in [6, 6.07) is 0. The first-order valence-corrected chi connectivity index (χ1v) is 5.01. The van der Waals surface area contributed by atoms with Crippen molar-refractivity contribution in [1.82, 2.24) is 0 Å². The molecule has 0 amide bonds. The van der Waals surface area contributed by atoms with E-state index in [1.165, 1.54) is 38.5 Å². The predicted octanol–water partition coefficient (Wildman–Crippen LogP) is 2.75. The monoisotopic (exact) mass is 154 g/mol. The highest BCUT2D eigenvalue weighted by Crippen LogP contribution is 2.47. The fourth-order valence-corrected chi connectivity index (χ4v) is 2.55. The van der Waals surface area contributed by atoms with Crippen LogP contribution in [0.3, 0.4) is 0 Å². The van der Waals surface area contributed by atoms with Crippen LogP contribution in [-0.4, -0.2) is 12.2 Å². The Labute approximate surface area is 69.1 Å². The van der Waals surface area contributed by atoms with Crippen LogP contribution in [0.25, 0.3) is 0 Å². The zero-order valence-electron chi connectivity index (χ0n) is 7.44. The Hall–Kier alpha value is -0.0400. The number of epoxide rings is 1. The number of hydrogen-bond acceptors (Lipinski definition) is 1. The highest BCUT2D eigenvalue weighted by molar-refractivity contribution is 4.99. The lowest BCUT2D eigenvalue weighted by Crippen LogP contribution is -2.21. The van der Waals surface area contributed by atoms with E-state index >= 15 is 0 Å². The maximum atomic E-state index is 5.62. The van der Waals surface area contributed by atoms with Crippen molar-refractivity contribution in [1.29, 1.82) is 0 Å². The van der Waals surface area contributed by atoms with E-state index in [0.717, 1.165) is 12.5 Å². The second kappa shape index (κ2) is 2.78. The Morgan fingerprint density at radius 2 is 2.00 bits per heavy atom. The third kappa shape index (κ3) is 1.31. The van der Waals surface area contributed by atoms with Gasteiger partial charge in [0.15, 0.2) is 0 Å². The molecular formula is C10H18O. The van der Waals surface area contributed by atoms with E-state index in [4.69, 9.17) is 4.74 Å². The standard InChI is InChI=1S/C10H18O/c1-2-7-10(8-11-10)9-5-3-4-6-9/h9H,2-8H2,1H3. The van der Waals surface area contributed by atoms with Gasteiger partial charge in [-0.1, -0.05) is 26.2 Å². The predicted molar refractivity (Wildman–Crippen MR) is 45.5 cm³/mol. The molecule has 1 heterocycles. The van der Waals surface area contributed by atoms with Gasteiger partial charge < -0.3 is 4.74 Å². The van der Waals surface area contributed by atoms with E-state index in [0.29, 0.717) is 5.60 Å². The molecule has 1 nitrogen and oxygen atoms in total. The molecule has 0 bridgehead atoms. The molecule has 0 aromatic rings. The minimum atomic E-state index is 0.380. The summed E-state index contributed by atoms with van der Waals surface area (Å²) in [6.07, 6.45) is 8.34. The van der Waals surface area contributed by atoms with Gasteiger partial charge in [0.25, 0.3) is 0 Å². The molecule has 2 rings (SSSR count). The van der Waals surface area contributed by atoms with Crippen LogP contribution < -0.4 is 0 Å². The van der Waals surface area contributed by atoms with Crippen molar-refractivity contribution in [3.05, 3.63) is 0 Å². The molecule has 1 unspecified atom stereocenters. The smallest absolute Gasteiger partial charge is 0.0944 e. The lowest BCUT2D eigenvalue weighted by atomic mass is 9.88. The van der Waals surface area contributed by atoms with E-state index < -0.39 is 0 Å². The van der Waals surface area contributed by atoms with Crippen molar-refractivity contribution in [3.63, 3.8) is 0 Å². The van der Waals surface area contributed by atoms with E-state index in [-0.39, 0.29) is 0 Å². The Kier molecular flexibility index (Phi) is 1.92. The molecule has 2 fully saturated rings. The molecule has 0 radical (unpaired) electrons. The molecule has 0 aromatic heterocycles. The normalized spacial score (nSPS) is 37.9. The van der Waals surface area contributed by atoms with E-state index in [1.54, 1.807) is 0 Å². The average molecular weight is 154 g/mol. The highest BCUT2D eigenvalue weighted by Gasteiger charge is 2.50. The summed E-state index contributed by atoms with van der Waals surface area (Å²) in [6.45, 7) is 3.32. The lowest BCUT2D eigenvalue weighted by molar-refractivity contribution is 0.204. The van der Waals surface area contributed by atoms with Crippen molar-refractivity contribution >= 4 is 0 Å². The molecule has 1 saturated carbocycles. The summed E-state index contributed by atoms with van der Waals surface area (Å²) in [5.41, 5.74) is 0.380. The molecule has 2 aliphatic rings. The molecular weight excluding hydrogens is 136 g/mol. The van der Waals surface area contributed by atoms with Gasteiger partial charge in [0.1, 0.15) is 0 Å². The van der Waals surface area contributed by atoms with Gasteiger partial charge in [0.05, 0.1) is 12.2 Å². The summed E-state index contributed by atoms with van der Waals surface area (Å²) in [5.74, 6) is 0.919. The first kappa shape index (κ1) is 7.60. The van der Waals surface area contributed by atoms with Crippen molar-refractivity contribution in [2.24, 2.45) is 5.92 Å². The van der Waals surface area contributed by atoms with Crippen LogP contribution in [0, 0.1) is 5.92 Å². The topological polar surface area (TPSA) is 12.5 Å². The van der Waals surface area contributed by atoms with Crippen LogP contribution in [0.4, 0.5) is 0 Å². The van der Waals surface area contributed by atoms with Crippen LogP contribution in [0.5, 0.6) is 0 Å². The minimum Gasteiger partial charge on any atom is -0.369 e. The van der Waals surface area contributed by atoms with E-state index in [9.17, 15) is 0 Å². The summed E-state index contributed by atoms with van der Waals surface area (Å²) in [4.78, 5) is 0. The highest BCUT2D eigenvalue weighted by atomic mass is 16.6. The Morgan fingerprint density at radius 3 is 2.45 bits per heavy atom. The molecule has 1 aliphatic carbocycles. The maximum Gasteiger partial charge on any atom is 0.0944 e. The van der Waals surface area contributed by atoms with Crippen LogP contribution in [0.15, 0.2) is 0 Å². The maximum absolute atomic E-state index is 5.62. The minimum absolute atomic E-state index is 0.380. The Morgan fingerprint density at radius 1 is 1.36 bits per heavy atom. The van der Waals surface area contributed by atoms with Gasteiger partial charge in [-0.3, -0.25) is 0 Å². The van der Waals surface area contributed by atoms with Gasteiger partial charge in [-0.15, -0.1) is 0 Å². The zero-order valence-corrected chi connectivity index (χ0v) is 7.44. The molecule has 0 N–H and O–H groups in total. The van der Waals surface area contributed by atoms with Gasteiger partial charge in [-0.2, -0.15) is 0 Å². The van der Waals surface area contributed by atoms with Gasteiger partial charge >= 0.3 is 0 Å². The number of ether oxygens (including phenoxy) is 1. The molecule has 1 aliphatic heterocycles. The van der Waals surface area contributed by atoms with Crippen molar-refractivity contribution in [3.8, 4) is 0 Å². The van der Waals surface area contributed by atoms with E-state index in [1.807, 2.05) is 0 Å². The number of rotatable bonds is 3. The molecule has 11 heavy (non-hydrogen) atoms. The fraction of sp³-hybridized carbons (Fsp3) is 1.00. The molecule has 1 heteroatoms. The molecule has 1 saturated heterocycles. The summed E-state index contributed by atoms with van der Waals surface area (Å²) < 4.78 is 5.62. The molecule has 0 spiro atoms. The van der Waals surface area contributed by atoms with Gasteiger partial charge in [0, 0.05) is 0 Å². The first-order chi connectivity index (χ1) is 5.37. The molecule has 0 aromatic carbocycles. The molecule has 1 atom stereocenters. The SMILES string of the molecule is CCCC1(C2CCCC2)CO1. The third-order valence-electron chi connectivity index (χ3n) is 3.29. The summed E-state index contributed by atoms with van der Waals surface area (Å²) in [7, 11) is 0. The fourth-order valence-electron chi connectivity index (χ4n) is 2.55.